The van der Waals surface area contributed by atoms with Gasteiger partial charge in [-0.2, -0.15) is 0 Å². The number of piperidine rings is 1. The van der Waals surface area contributed by atoms with Gasteiger partial charge in [0.1, 0.15) is 0 Å². The van der Waals surface area contributed by atoms with Crippen LogP contribution in [0.1, 0.15) is 25.7 Å². The molecule has 2 aromatic rings. The maximum atomic E-state index is 12.4. The van der Waals surface area contributed by atoms with Crippen molar-refractivity contribution in [2.45, 2.75) is 49.5 Å². The molecule has 1 aromatic carbocycles. The summed E-state index contributed by atoms with van der Waals surface area (Å²) in [5.74, 6) is 0.509. The SMILES string of the molecule is COCCn1c(SCC(=O)NC2CCN(C3CC3)CC2)nc2ccccc21. The van der Waals surface area contributed by atoms with Gasteiger partial charge in [-0.05, 0) is 37.8 Å². The van der Waals surface area contributed by atoms with Gasteiger partial charge in [-0.3, -0.25) is 4.79 Å². The summed E-state index contributed by atoms with van der Waals surface area (Å²) >= 11 is 1.51. The molecule has 0 bridgehead atoms. The van der Waals surface area contributed by atoms with Gasteiger partial charge in [-0.1, -0.05) is 23.9 Å². The van der Waals surface area contributed by atoms with Crippen LogP contribution >= 0.6 is 11.8 Å². The van der Waals surface area contributed by atoms with E-state index in [4.69, 9.17) is 9.72 Å². The Hall–Kier alpha value is -1.57. The number of carbonyl (C=O) groups is 1. The zero-order valence-electron chi connectivity index (χ0n) is 15.9. The predicted molar refractivity (Wildman–Crippen MR) is 108 cm³/mol. The average Bonchev–Trinajstić information content (AvgIpc) is 3.47. The molecule has 0 spiro atoms. The fourth-order valence-corrected chi connectivity index (χ4v) is 4.66. The van der Waals surface area contributed by atoms with Crippen LogP contribution in [-0.2, 0) is 16.1 Å². The highest BCUT2D eigenvalue weighted by atomic mass is 32.2. The molecule has 146 valence electrons. The van der Waals surface area contributed by atoms with Crippen LogP contribution in [0.15, 0.2) is 29.4 Å². The molecule has 4 rings (SSSR count). The zero-order valence-corrected chi connectivity index (χ0v) is 16.7. The van der Waals surface area contributed by atoms with Crippen molar-refractivity contribution in [3.05, 3.63) is 24.3 Å². The quantitative estimate of drug-likeness (QED) is 0.704. The highest BCUT2D eigenvalue weighted by Gasteiger charge is 2.32. The Bertz CT molecular complexity index is 781. The maximum Gasteiger partial charge on any atom is 0.230 e. The number of imidazole rings is 1. The number of para-hydroxylation sites is 2. The standard InChI is InChI=1S/C20H28N4O2S/c1-26-13-12-24-18-5-3-2-4-17(18)22-20(24)27-14-19(25)21-15-8-10-23(11-9-15)16-6-7-16/h2-5,15-16H,6-14H2,1H3,(H,21,25). The minimum Gasteiger partial charge on any atom is -0.383 e. The fourth-order valence-electron chi connectivity index (χ4n) is 3.81. The lowest BCUT2D eigenvalue weighted by Crippen LogP contribution is -2.45. The molecule has 0 unspecified atom stereocenters. The largest absolute Gasteiger partial charge is 0.383 e. The summed E-state index contributed by atoms with van der Waals surface area (Å²) < 4.78 is 7.38. The normalized spacial score (nSPS) is 18.9. The molecule has 27 heavy (non-hydrogen) atoms. The number of aromatic nitrogens is 2. The summed E-state index contributed by atoms with van der Waals surface area (Å²) in [6, 6.07) is 9.23. The van der Waals surface area contributed by atoms with Gasteiger partial charge in [0.15, 0.2) is 5.16 Å². The molecule has 2 heterocycles. The van der Waals surface area contributed by atoms with E-state index in [1.54, 1.807) is 7.11 Å². The maximum absolute atomic E-state index is 12.4. The van der Waals surface area contributed by atoms with E-state index in [9.17, 15) is 4.79 Å². The second kappa shape index (κ2) is 8.63. The topological polar surface area (TPSA) is 59.4 Å². The first-order valence-corrected chi connectivity index (χ1v) is 10.8. The Morgan fingerprint density at radius 1 is 1.26 bits per heavy atom. The van der Waals surface area contributed by atoms with Crippen LogP contribution in [-0.4, -0.2) is 65.0 Å². The number of methoxy groups -OCH3 is 1. The molecule has 0 radical (unpaired) electrons. The lowest BCUT2D eigenvalue weighted by molar-refractivity contribution is -0.119. The number of hydrogen-bond donors (Lipinski definition) is 1. The number of thioether (sulfide) groups is 1. The number of benzene rings is 1. The third-order valence-corrected chi connectivity index (χ3v) is 6.41. The van der Waals surface area contributed by atoms with Crippen LogP contribution in [0.3, 0.4) is 0 Å². The van der Waals surface area contributed by atoms with Gasteiger partial charge in [0, 0.05) is 38.8 Å². The number of hydrogen-bond acceptors (Lipinski definition) is 5. The Labute approximate surface area is 164 Å². The molecule has 2 fully saturated rings. The third kappa shape index (κ3) is 4.65. The van der Waals surface area contributed by atoms with Gasteiger partial charge < -0.3 is 19.5 Å². The number of likely N-dealkylation sites (tertiary alicyclic amines) is 1. The fraction of sp³-hybridized carbons (Fsp3) is 0.600. The highest BCUT2D eigenvalue weighted by Crippen LogP contribution is 2.29. The van der Waals surface area contributed by atoms with Crippen LogP contribution < -0.4 is 5.32 Å². The second-order valence-electron chi connectivity index (χ2n) is 7.43. The van der Waals surface area contributed by atoms with Gasteiger partial charge in [-0.15, -0.1) is 0 Å². The van der Waals surface area contributed by atoms with Crippen molar-refractivity contribution in [1.29, 1.82) is 0 Å². The van der Waals surface area contributed by atoms with Crippen molar-refractivity contribution in [2.24, 2.45) is 0 Å². The van der Waals surface area contributed by atoms with Crippen molar-refractivity contribution in [1.82, 2.24) is 19.8 Å². The molecule has 1 aliphatic heterocycles. The number of nitrogens with zero attached hydrogens (tertiary/aromatic N) is 3. The first-order valence-electron chi connectivity index (χ1n) is 9.85. The molecule has 1 aliphatic carbocycles. The van der Waals surface area contributed by atoms with E-state index < -0.39 is 0 Å². The van der Waals surface area contributed by atoms with Gasteiger partial charge in [0.2, 0.25) is 5.91 Å². The molecule has 1 N–H and O–H groups in total. The van der Waals surface area contributed by atoms with E-state index in [1.807, 2.05) is 18.2 Å². The summed E-state index contributed by atoms with van der Waals surface area (Å²) in [5, 5.41) is 4.10. The van der Waals surface area contributed by atoms with E-state index >= 15 is 0 Å². The number of carbonyl (C=O) groups excluding carboxylic acids is 1. The van der Waals surface area contributed by atoms with Crippen molar-refractivity contribution in [3.63, 3.8) is 0 Å². The zero-order chi connectivity index (χ0) is 18.6. The lowest BCUT2D eigenvalue weighted by Gasteiger charge is -2.32. The van der Waals surface area contributed by atoms with E-state index in [0.29, 0.717) is 18.4 Å². The Balaban J connectivity index is 1.32. The highest BCUT2D eigenvalue weighted by molar-refractivity contribution is 7.99. The van der Waals surface area contributed by atoms with Crippen molar-refractivity contribution < 1.29 is 9.53 Å². The van der Waals surface area contributed by atoms with Crippen molar-refractivity contribution in [2.75, 3.05) is 32.6 Å². The number of fused-ring (bicyclic) bond motifs is 1. The molecule has 1 saturated heterocycles. The number of ether oxygens (including phenoxy) is 1. The minimum absolute atomic E-state index is 0.107. The van der Waals surface area contributed by atoms with Gasteiger partial charge in [0.05, 0.1) is 23.4 Å². The summed E-state index contributed by atoms with van der Waals surface area (Å²) in [5.41, 5.74) is 2.05. The van der Waals surface area contributed by atoms with Crippen LogP contribution in [0.5, 0.6) is 0 Å². The van der Waals surface area contributed by atoms with Crippen LogP contribution in [0.4, 0.5) is 0 Å². The Kier molecular flexibility index (Phi) is 6.00. The molecular weight excluding hydrogens is 360 g/mol. The smallest absolute Gasteiger partial charge is 0.230 e. The van der Waals surface area contributed by atoms with Gasteiger partial charge in [0.25, 0.3) is 0 Å². The number of amides is 1. The number of nitrogens with one attached hydrogen (secondary N) is 1. The second-order valence-corrected chi connectivity index (χ2v) is 8.37. The monoisotopic (exact) mass is 388 g/mol. The van der Waals surface area contributed by atoms with Gasteiger partial charge >= 0.3 is 0 Å². The first kappa shape index (κ1) is 18.8. The lowest BCUT2D eigenvalue weighted by atomic mass is 10.1. The summed E-state index contributed by atoms with van der Waals surface area (Å²) in [6.45, 7) is 3.60. The summed E-state index contributed by atoms with van der Waals surface area (Å²) in [6.07, 6.45) is 4.86. The Morgan fingerprint density at radius 2 is 2.04 bits per heavy atom. The van der Waals surface area contributed by atoms with Crippen molar-refractivity contribution >= 4 is 28.7 Å². The molecule has 1 saturated carbocycles. The average molecular weight is 389 g/mol. The van der Waals surface area contributed by atoms with E-state index in [0.717, 1.165) is 54.7 Å². The van der Waals surface area contributed by atoms with Crippen LogP contribution in [0, 0.1) is 0 Å². The third-order valence-electron chi connectivity index (χ3n) is 5.43. The predicted octanol–water partition coefficient (Wildman–Crippen LogP) is 2.52. The van der Waals surface area contributed by atoms with E-state index in [2.05, 4.69) is 20.9 Å². The minimum atomic E-state index is 0.107. The van der Waals surface area contributed by atoms with Gasteiger partial charge in [-0.25, -0.2) is 4.98 Å². The van der Waals surface area contributed by atoms with E-state index in [-0.39, 0.29) is 5.91 Å². The first-order chi connectivity index (χ1) is 13.2. The molecule has 7 heteroatoms. The van der Waals surface area contributed by atoms with E-state index in [1.165, 1.54) is 24.6 Å². The summed E-state index contributed by atoms with van der Waals surface area (Å²) in [7, 11) is 1.70. The Morgan fingerprint density at radius 3 is 2.78 bits per heavy atom. The molecule has 1 amide bonds. The molecule has 2 aliphatic rings. The van der Waals surface area contributed by atoms with Crippen LogP contribution in [0.2, 0.25) is 0 Å². The summed E-state index contributed by atoms with van der Waals surface area (Å²) in [4.78, 5) is 19.7. The van der Waals surface area contributed by atoms with Crippen molar-refractivity contribution in [3.8, 4) is 0 Å². The van der Waals surface area contributed by atoms with Crippen LogP contribution in [0.25, 0.3) is 11.0 Å². The molecule has 0 atom stereocenters. The molecule has 6 nitrogen and oxygen atoms in total. The molecular formula is C20H28N4O2S. The number of rotatable bonds is 8. The molecule has 1 aromatic heterocycles.